The van der Waals surface area contributed by atoms with Crippen molar-refractivity contribution >= 4 is 17.6 Å². The van der Waals surface area contributed by atoms with Gasteiger partial charge in [0, 0.05) is 12.6 Å². The molecule has 3 aromatic rings. The molecule has 3 rings (SSSR count). The minimum Gasteiger partial charge on any atom is -0.496 e. The van der Waals surface area contributed by atoms with Gasteiger partial charge in [-0.1, -0.05) is 23.4 Å². The van der Waals surface area contributed by atoms with E-state index in [2.05, 4.69) is 31.0 Å². The Morgan fingerprint density at radius 3 is 2.88 bits per heavy atom. The molecule has 2 N–H and O–H groups in total. The fraction of sp³-hybridized carbons (Fsp3) is 0.250. The van der Waals surface area contributed by atoms with Crippen LogP contribution in [0.15, 0.2) is 41.1 Å². The van der Waals surface area contributed by atoms with Gasteiger partial charge in [-0.2, -0.15) is 10.1 Å². The van der Waals surface area contributed by atoms with Crippen molar-refractivity contribution in [1.82, 2.24) is 20.3 Å². The van der Waals surface area contributed by atoms with Crippen LogP contribution >= 0.6 is 0 Å². The van der Waals surface area contributed by atoms with E-state index in [-0.39, 0.29) is 0 Å². The highest BCUT2D eigenvalue weighted by molar-refractivity contribution is 5.48. The first-order valence-corrected chi connectivity index (χ1v) is 7.50. The van der Waals surface area contributed by atoms with Gasteiger partial charge < -0.3 is 19.9 Å². The Hall–Kier alpha value is -3.16. The van der Waals surface area contributed by atoms with Gasteiger partial charge in [0.15, 0.2) is 11.6 Å². The molecule has 0 unspecified atom stereocenters. The first kappa shape index (κ1) is 15.7. The van der Waals surface area contributed by atoms with Gasteiger partial charge >= 0.3 is 0 Å². The van der Waals surface area contributed by atoms with E-state index >= 15 is 0 Å². The largest absolute Gasteiger partial charge is 0.496 e. The molecule has 8 heteroatoms. The van der Waals surface area contributed by atoms with Gasteiger partial charge in [-0.25, -0.2) is 0 Å². The van der Waals surface area contributed by atoms with Crippen molar-refractivity contribution < 1.29 is 9.26 Å². The summed E-state index contributed by atoms with van der Waals surface area (Å²) in [5.41, 5.74) is 1.13. The van der Waals surface area contributed by atoms with Crippen LogP contribution in [0.25, 0.3) is 0 Å². The maximum absolute atomic E-state index is 5.34. The highest BCUT2D eigenvalue weighted by atomic mass is 16.5. The molecule has 0 saturated carbocycles. The van der Waals surface area contributed by atoms with Crippen LogP contribution in [0.4, 0.5) is 17.6 Å². The topological polar surface area (TPSA) is 98.0 Å². The van der Waals surface area contributed by atoms with Gasteiger partial charge in [0.1, 0.15) is 11.5 Å². The van der Waals surface area contributed by atoms with Crippen molar-refractivity contribution in [3.05, 3.63) is 47.9 Å². The van der Waals surface area contributed by atoms with Crippen LogP contribution in [0.1, 0.15) is 11.3 Å². The quantitative estimate of drug-likeness (QED) is 0.683. The number of benzene rings is 1. The van der Waals surface area contributed by atoms with Crippen LogP contribution in [0.2, 0.25) is 0 Å². The lowest BCUT2D eigenvalue weighted by Crippen LogP contribution is -2.09. The number of methoxy groups -OCH3 is 1. The Kier molecular flexibility index (Phi) is 4.85. The van der Waals surface area contributed by atoms with Crippen molar-refractivity contribution in [1.29, 1.82) is 0 Å². The molecule has 2 heterocycles. The van der Waals surface area contributed by atoms with Crippen LogP contribution in [0, 0.1) is 6.92 Å². The van der Waals surface area contributed by atoms with Crippen LogP contribution < -0.4 is 15.4 Å². The number of hydrogen-bond acceptors (Lipinski definition) is 8. The van der Waals surface area contributed by atoms with Crippen LogP contribution in [0.5, 0.6) is 5.75 Å². The van der Waals surface area contributed by atoms with Crippen molar-refractivity contribution in [2.75, 3.05) is 24.3 Å². The average Bonchev–Trinajstić information content (AvgIpc) is 3.00. The Labute approximate surface area is 139 Å². The third-order valence-electron chi connectivity index (χ3n) is 3.32. The van der Waals surface area contributed by atoms with Crippen LogP contribution in [-0.4, -0.2) is 34.0 Å². The second-order valence-electron chi connectivity index (χ2n) is 5.10. The first-order chi connectivity index (χ1) is 11.7. The highest BCUT2D eigenvalue weighted by Crippen LogP contribution is 2.18. The molecule has 0 spiro atoms. The van der Waals surface area contributed by atoms with E-state index in [4.69, 9.17) is 9.26 Å². The molecule has 8 nitrogen and oxygen atoms in total. The molecule has 0 fully saturated rings. The normalized spacial score (nSPS) is 10.4. The second-order valence-corrected chi connectivity index (χ2v) is 5.10. The summed E-state index contributed by atoms with van der Waals surface area (Å²) in [6.07, 6.45) is 2.38. The molecule has 0 radical (unpaired) electrons. The number of para-hydroxylation sites is 1. The maximum atomic E-state index is 5.34. The smallest absolute Gasteiger partial charge is 0.250 e. The van der Waals surface area contributed by atoms with Gasteiger partial charge in [-0.05, 0) is 25.0 Å². The SMILES string of the molecule is COc1ccccc1CCNc1cnnc(Nc2cc(C)on2)n1. The van der Waals surface area contributed by atoms with E-state index in [1.54, 1.807) is 19.4 Å². The molecular formula is C16H18N6O2. The third kappa shape index (κ3) is 3.97. The molecule has 0 amide bonds. The van der Waals surface area contributed by atoms with E-state index < -0.39 is 0 Å². The van der Waals surface area contributed by atoms with E-state index in [1.807, 2.05) is 31.2 Å². The number of nitrogens with zero attached hydrogens (tertiary/aromatic N) is 4. The number of ether oxygens (including phenoxy) is 1. The number of aromatic nitrogens is 4. The van der Waals surface area contributed by atoms with E-state index in [0.29, 0.717) is 29.9 Å². The molecule has 1 aromatic carbocycles. The van der Waals surface area contributed by atoms with Gasteiger partial charge in [0.05, 0.1) is 13.3 Å². The van der Waals surface area contributed by atoms with Crippen LogP contribution in [0.3, 0.4) is 0 Å². The van der Waals surface area contributed by atoms with Gasteiger partial charge in [-0.3, -0.25) is 0 Å². The third-order valence-corrected chi connectivity index (χ3v) is 3.32. The fourth-order valence-electron chi connectivity index (χ4n) is 2.22. The first-order valence-electron chi connectivity index (χ1n) is 7.50. The summed E-state index contributed by atoms with van der Waals surface area (Å²) >= 11 is 0. The second kappa shape index (κ2) is 7.40. The monoisotopic (exact) mass is 326 g/mol. The molecule has 0 saturated heterocycles. The number of aryl methyl sites for hydroxylation is 1. The number of nitrogens with one attached hydrogen (secondary N) is 2. The zero-order valence-corrected chi connectivity index (χ0v) is 13.5. The summed E-state index contributed by atoms with van der Waals surface area (Å²) in [5, 5.41) is 17.8. The maximum Gasteiger partial charge on any atom is 0.250 e. The van der Waals surface area contributed by atoms with E-state index in [1.165, 1.54) is 0 Å². The van der Waals surface area contributed by atoms with Gasteiger partial charge in [0.25, 0.3) is 0 Å². The van der Waals surface area contributed by atoms with Crippen LogP contribution in [-0.2, 0) is 6.42 Å². The Morgan fingerprint density at radius 1 is 1.21 bits per heavy atom. The lowest BCUT2D eigenvalue weighted by molar-refractivity contribution is 0.400. The fourth-order valence-corrected chi connectivity index (χ4v) is 2.22. The summed E-state index contributed by atoms with van der Waals surface area (Å²) in [6, 6.07) is 9.69. The minimum absolute atomic E-state index is 0.352. The Morgan fingerprint density at radius 2 is 2.08 bits per heavy atom. The Balaban J connectivity index is 1.58. The molecule has 124 valence electrons. The average molecular weight is 326 g/mol. The van der Waals surface area contributed by atoms with Crippen molar-refractivity contribution in [2.24, 2.45) is 0 Å². The van der Waals surface area contributed by atoms with Gasteiger partial charge in [-0.15, -0.1) is 5.10 Å². The summed E-state index contributed by atoms with van der Waals surface area (Å²) < 4.78 is 10.3. The molecule has 0 aliphatic carbocycles. The number of anilines is 3. The lowest BCUT2D eigenvalue weighted by Gasteiger charge is -2.09. The molecule has 0 atom stereocenters. The number of rotatable bonds is 7. The predicted octanol–water partition coefficient (Wildman–Crippen LogP) is 2.57. The zero-order chi connectivity index (χ0) is 16.8. The molecule has 0 bridgehead atoms. The van der Waals surface area contributed by atoms with E-state index in [0.717, 1.165) is 17.7 Å². The molecular weight excluding hydrogens is 308 g/mol. The van der Waals surface area contributed by atoms with Gasteiger partial charge in [0.2, 0.25) is 5.95 Å². The Bertz CT molecular complexity index is 805. The predicted molar refractivity (Wildman–Crippen MR) is 89.5 cm³/mol. The van der Waals surface area contributed by atoms with Crippen molar-refractivity contribution in [3.63, 3.8) is 0 Å². The molecule has 0 aliphatic heterocycles. The van der Waals surface area contributed by atoms with Crippen molar-refractivity contribution in [2.45, 2.75) is 13.3 Å². The van der Waals surface area contributed by atoms with E-state index in [9.17, 15) is 0 Å². The standard InChI is InChI=1S/C16H18N6O2/c1-11-9-14(22-24-11)19-16-20-15(10-18-21-16)17-8-7-12-5-3-4-6-13(12)23-2/h3-6,9-10H,7-8H2,1-2H3,(H2,17,19,20,21,22). The lowest BCUT2D eigenvalue weighted by atomic mass is 10.1. The molecule has 0 aliphatic rings. The summed E-state index contributed by atoms with van der Waals surface area (Å²) in [7, 11) is 1.67. The zero-order valence-electron chi connectivity index (χ0n) is 13.5. The van der Waals surface area contributed by atoms with Crippen molar-refractivity contribution in [3.8, 4) is 5.75 Å². The summed E-state index contributed by atoms with van der Waals surface area (Å²) in [5.74, 6) is 3.11. The molecule has 2 aromatic heterocycles. The summed E-state index contributed by atoms with van der Waals surface area (Å²) in [4.78, 5) is 4.34. The minimum atomic E-state index is 0.352. The highest BCUT2D eigenvalue weighted by Gasteiger charge is 2.05. The molecule has 24 heavy (non-hydrogen) atoms. The summed E-state index contributed by atoms with van der Waals surface area (Å²) in [6.45, 7) is 2.51. The number of hydrogen-bond donors (Lipinski definition) is 2.